The molecule has 0 saturated carbocycles. The second-order valence-corrected chi connectivity index (χ2v) is 10.2. The van der Waals surface area contributed by atoms with Crippen molar-refractivity contribution in [1.29, 1.82) is 0 Å². The smallest absolute Gasteiger partial charge is 0.337 e. The molecule has 3 aliphatic rings. The molecule has 0 radical (unpaired) electrons. The van der Waals surface area contributed by atoms with Gasteiger partial charge in [0.05, 0.1) is 32.2 Å². The maximum atomic E-state index is 13.9. The molecule has 2 aliphatic heterocycles. The molecule has 0 bridgehead atoms. The normalized spacial score (nSPS) is 22.3. The summed E-state index contributed by atoms with van der Waals surface area (Å²) in [7, 11) is 1.65. The van der Waals surface area contributed by atoms with E-state index in [4.69, 9.17) is 18.6 Å². The van der Waals surface area contributed by atoms with Crippen LogP contribution < -0.4 is 10.1 Å². The van der Waals surface area contributed by atoms with Crippen LogP contribution in [0.5, 0.6) is 5.75 Å². The second-order valence-electron chi connectivity index (χ2n) is 10.2. The van der Waals surface area contributed by atoms with Gasteiger partial charge < -0.3 is 23.9 Å². The van der Waals surface area contributed by atoms with Gasteiger partial charge in [-0.1, -0.05) is 30.3 Å². The number of hydrogen-bond acceptors (Lipinski definition) is 7. The van der Waals surface area contributed by atoms with Gasteiger partial charge in [0.2, 0.25) is 0 Å². The van der Waals surface area contributed by atoms with Crippen molar-refractivity contribution < 1.29 is 28.2 Å². The van der Waals surface area contributed by atoms with E-state index in [-0.39, 0.29) is 17.8 Å². The van der Waals surface area contributed by atoms with Gasteiger partial charge in [0.1, 0.15) is 17.4 Å². The van der Waals surface area contributed by atoms with E-state index in [1.54, 1.807) is 13.4 Å². The third kappa shape index (κ3) is 4.41. The topological polar surface area (TPSA) is 87.0 Å². The molecule has 3 aromatic rings. The molecule has 1 aromatic heterocycles. The van der Waals surface area contributed by atoms with Crippen LogP contribution in [0.4, 0.5) is 0 Å². The molecule has 6 rings (SSSR count). The van der Waals surface area contributed by atoms with Crippen LogP contribution in [0, 0.1) is 0 Å². The average molecular weight is 514 g/mol. The van der Waals surface area contributed by atoms with Gasteiger partial charge in [0.15, 0.2) is 5.78 Å². The number of Topliss-reactive ketones (excluding diaryl/α,β-unsaturated/α-hetero) is 1. The molecule has 38 heavy (non-hydrogen) atoms. The Hall–Kier alpha value is -3.84. The summed E-state index contributed by atoms with van der Waals surface area (Å²) in [5.74, 6) is -0.167. The van der Waals surface area contributed by atoms with E-state index in [2.05, 4.69) is 5.32 Å². The number of allylic oxidation sites excluding steroid dienone is 3. The number of ketones is 1. The number of carbonyl (C=O) groups excluding carboxylic acids is 2. The maximum absolute atomic E-state index is 13.9. The number of rotatable bonds is 5. The minimum atomic E-state index is -0.542. The summed E-state index contributed by atoms with van der Waals surface area (Å²) in [6, 6.07) is 15.6. The fourth-order valence-electron chi connectivity index (χ4n) is 6.03. The van der Waals surface area contributed by atoms with Gasteiger partial charge in [0, 0.05) is 53.5 Å². The lowest BCUT2D eigenvalue weighted by Crippen LogP contribution is -2.37. The van der Waals surface area contributed by atoms with Gasteiger partial charge >= 0.3 is 5.97 Å². The van der Waals surface area contributed by atoms with Crippen molar-refractivity contribution in [2.45, 2.75) is 50.5 Å². The van der Waals surface area contributed by atoms with E-state index in [0.717, 1.165) is 28.0 Å². The van der Waals surface area contributed by atoms with E-state index < -0.39 is 11.9 Å². The molecule has 0 spiro atoms. The molecular formula is C31H31NO6. The Morgan fingerprint density at radius 2 is 1.87 bits per heavy atom. The second kappa shape index (κ2) is 10.1. The number of hydrogen-bond donors (Lipinski definition) is 1. The Bertz CT molecular complexity index is 1460. The molecule has 0 unspecified atom stereocenters. The van der Waals surface area contributed by atoms with Crippen molar-refractivity contribution >= 4 is 22.7 Å². The Kier molecular flexibility index (Phi) is 6.54. The summed E-state index contributed by atoms with van der Waals surface area (Å²) >= 11 is 0. The fraction of sp³-hybridized carbons (Fsp3) is 0.355. The van der Waals surface area contributed by atoms with E-state index in [0.29, 0.717) is 61.3 Å². The molecule has 2 aromatic carbocycles. The number of para-hydroxylation sites is 1. The van der Waals surface area contributed by atoms with Crippen LogP contribution in [0.15, 0.2) is 81.8 Å². The summed E-state index contributed by atoms with van der Waals surface area (Å²) in [5, 5.41) is 4.40. The Balaban J connectivity index is 1.41. The minimum Gasteiger partial charge on any atom is -0.496 e. The first-order valence-electron chi connectivity index (χ1n) is 13.2. The number of esters is 1. The van der Waals surface area contributed by atoms with E-state index in [1.807, 2.05) is 55.5 Å². The molecule has 0 amide bonds. The van der Waals surface area contributed by atoms with E-state index in [1.165, 1.54) is 0 Å². The van der Waals surface area contributed by atoms with Crippen molar-refractivity contribution in [3.05, 3.63) is 88.5 Å². The molecular weight excluding hydrogens is 482 g/mol. The molecule has 3 heterocycles. The Morgan fingerprint density at radius 3 is 2.68 bits per heavy atom. The Labute approximate surface area is 221 Å². The number of fused-ring (bicyclic) bond motifs is 1. The zero-order chi connectivity index (χ0) is 26.2. The predicted octanol–water partition coefficient (Wildman–Crippen LogP) is 5.53. The summed E-state index contributed by atoms with van der Waals surface area (Å²) in [6.07, 6.45) is 3.76. The van der Waals surface area contributed by atoms with Crippen LogP contribution in [0.2, 0.25) is 0 Å². The first-order chi connectivity index (χ1) is 18.5. The van der Waals surface area contributed by atoms with Gasteiger partial charge in [-0.05, 0) is 42.7 Å². The van der Waals surface area contributed by atoms with Crippen molar-refractivity contribution in [1.82, 2.24) is 5.32 Å². The first-order valence-corrected chi connectivity index (χ1v) is 13.2. The van der Waals surface area contributed by atoms with Crippen LogP contribution in [0.1, 0.15) is 55.6 Å². The number of methoxy groups -OCH3 is 1. The van der Waals surface area contributed by atoms with Crippen LogP contribution in [0.25, 0.3) is 11.0 Å². The van der Waals surface area contributed by atoms with Crippen LogP contribution in [-0.4, -0.2) is 38.2 Å². The van der Waals surface area contributed by atoms with Crippen LogP contribution in [-0.2, 0) is 19.1 Å². The van der Waals surface area contributed by atoms with Gasteiger partial charge in [-0.3, -0.25) is 4.79 Å². The average Bonchev–Trinajstić information content (AvgIpc) is 3.40. The SMILES string of the molecule is COc1ccccc1[C@H]1CC(=O)C2=C(C1)NC(C)=C(C(=O)OC1CCOCC1)[C@H]2c1ccc2ccoc2c1. The third-order valence-corrected chi connectivity index (χ3v) is 7.88. The molecule has 196 valence electrons. The summed E-state index contributed by atoms with van der Waals surface area (Å²) in [6.45, 7) is 3.04. The Morgan fingerprint density at radius 1 is 1.05 bits per heavy atom. The third-order valence-electron chi connectivity index (χ3n) is 7.88. The monoisotopic (exact) mass is 513 g/mol. The maximum Gasteiger partial charge on any atom is 0.337 e. The minimum absolute atomic E-state index is 0.0167. The summed E-state index contributed by atoms with van der Waals surface area (Å²) in [5.41, 5.74) is 5.23. The van der Waals surface area contributed by atoms with Gasteiger partial charge in [-0.15, -0.1) is 0 Å². The zero-order valence-corrected chi connectivity index (χ0v) is 21.6. The lowest BCUT2D eigenvalue weighted by molar-refractivity contribution is -0.148. The first kappa shape index (κ1) is 24.5. The number of nitrogens with one attached hydrogen (secondary N) is 1. The molecule has 2 atom stereocenters. The molecule has 1 saturated heterocycles. The highest BCUT2D eigenvalue weighted by Crippen LogP contribution is 2.47. The number of ether oxygens (including phenoxy) is 3. The number of benzene rings is 2. The molecule has 7 nitrogen and oxygen atoms in total. The summed E-state index contributed by atoms with van der Waals surface area (Å²) < 4.78 is 22.7. The van der Waals surface area contributed by atoms with Crippen molar-refractivity contribution in [3.63, 3.8) is 0 Å². The van der Waals surface area contributed by atoms with E-state index >= 15 is 0 Å². The summed E-state index contributed by atoms with van der Waals surface area (Å²) in [4.78, 5) is 27.6. The highest BCUT2D eigenvalue weighted by atomic mass is 16.6. The molecule has 1 aliphatic carbocycles. The van der Waals surface area contributed by atoms with E-state index in [9.17, 15) is 9.59 Å². The van der Waals surface area contributed by atoms with Crippen molar-refractivity contribution in [2.75, 3.05) is 20.3 Å². The lowest BCUT2D eigenvalue weighted by Gasteiger charge is -2.37. The standard InChI is InChI=1S/C31H31NO6/c1-18-28(31(34)38-22-10-12-36-13-11-22)29(20-8-7-19-9-14-37-27(19)17-20)30-24(32-18)15-21(16-25(30)33)23-5-3-4-6-26(23)35-2/h3-9,14,17,21-22,29,32H,10-13,15-16H2,1-2H3/t21-,29-/m1/s1. The molecule has 1 N–H and O–H groups in total. The van der Waals surface area contributed by atoms with Crippen LogP contribution in [0.3, 0.4) is 0 Å². The van der Waals surface area contributed by atoms with Gasteiger partial charge in [-0.2, -0.15) is 0 Å². The quantitative estimate of drug-likeness (QED) is 0.449. The molecule has 1 fully saturated rings. The lowest BCUT2D eigenvalue weighted by atomic mass is 9.71. The largest absolute Gasteiger partial charge is 0.496 e. The highest BCUT2D eigenvalue weighted by Gasteiger charge is 2.42. The number of carbonyl (C=O) groups is 2. The highest BCUT2D eigenvalue weighted by molar-refractivity contribution is 6.04. The number of furan rings is 1. The fourth-order valence-corrected chi connectivity index (χ4v) is 6.03. The number of dihydropyridines is 1. The van der Waals surface area contributed by atoms with Crippen LogP contribution >= 0.6 is 0 Å². The van der Waals surface area contributed by atoms with Gasteiger partial charge in [0.25, 0.3) is 0 Å². The zero-order valence-electron chi connectivity index (χ0n) is 21.6. The van der Waals surface area contributed by atoms with Crippen molar-refractivity contribution in [3.8, 4) is 5.75 Å². The van der Waals surface area contributed by atoms with Crippen molar-refractivity contribution in [2.24, 2.45) is 0 Å². The van der Waals surface area contributed by atoms with Gasteiger partial charge in [-0.25, -0.2) is 4.79 Å². The molecule has 7 heteroatoms. The predicted molar refractivity (Wildman–Crippen MR) is 142 cm³/mol.